The van der Waals surface area contributed by atoms with Crippen molar-refractivity contribution in [2.24, 2.45) is 0 Å². The Hall–Kier alpha value is -2.10. The van der Waals surface area contributed by atoms with E-state index in [9.17, 15) is 0 Å². The third kappa shape index (κ3) is 1.76. The van der Waals surface area contributed by atoms with Crippen LogP contribution in [0.25, 0.3) is 26.1 Å². The maximum atomic E-state index is 4.45. The second-order valence-corrected chi connectivity index (χ2v) is 7.23. The van der Waals surface area contributed by atoms with E-state index in [1.54, 1.807) is 35.3 Å². The van der Waals surface area contributed by atoms with Crippen LogP contribution in [-0.4, -0.2) is 29.5 Å². The van der Waals surface area contributed by atoms with Gasteiger partial charge in [-0.25, -0.2) is 15.0 Å². The van der Waals surface area contributed by atoms with Gasteiger partial charge in [0.1, 0.15) is 27.3 Å². The molecule has 0 fully saturated rings. The Morgan fingerprint density at radius 2 is 1.73 bits per heavy atom. The quantitative estimate of drug-likeness (QED) is 0.457. The van der Waals surface area contributed by atoms with Crippen molar-refractivity contribution in [1.29, 1.82) is 0 Å². The van der Waals surface area contributed by atoms with Crippen molar-refractivity contribution < 1.29 is 0 Å². The van der Waals surface area contributed by atoms with Crippen LogP contribution in [0.3, 0.4) is 0 Å². The zero-order valence-electron chi connectivity index (χ0n) is 10.9. The normalized spacial score (nSPS) is 11.8. The van der Waals surface area contributed by atoms with E-state index >= 15 is 0 Å². The summed E-state index contributed by atoms with van der Waals surface area (Å²) in [5, 5.41) is 16.3. The molecule has 0 atom stereocenters. The van der Waals surface area contributed by atoms with E-state index in [1.165, 1.54) is 11.8 Å². The van der Waals surface area contributed by atoms with Gasteiger partial charge >= 0.3 is 0 Å². The van der Waals surface area contributed by atoms with Crippen molar-refractivity contribution >= 4 is 60.5 Å². The average molecular weight is 342 g/mol. The van der Waals surface area contributed by atoms with Crippen LogP contribution >= 0.6 is 34.4 Å². The number of aromatic nitrogens is 6. The molecular weight excluding hydrogens is 336 g/mol. The molecule has 0 spiro atoms. The highest BCUT2D eigenvalue weighted by molar-refractivity contribution is 7.99. The minimum Gasteiger partial charge on any atom is -0.259 e. The van der Waals surface area contributed by atoms with Crippen LogP contribution in [0.2, 0.25) is 0 Å². The molecule has 9 heteroatoms. The van der Waals surface area contributed by atoms with E-state index in [-0.39, 0.29) is 0 Å². The van der Waals surface area contributed by atoms with Crippen molar-refractivity contribution in [3.05, 3.63) is 35.5 Å². The molecule has 0 saturated heterocycles. The molecule has 0 unspecified atom stereocenters. The van der Waals surface area contributed by atoms with Gasteiger partial charge in [0.2, 0.25) is 5.16 Å². The molecule has 5 aromatic heterocycles. The molecule has 5 heterocycles. The van der Waals surface area contributed by atoms with E-state index in [1.807, 2.05) is 27.3 Å². The third-order valence-electron chi connectivity index (χ3n) is 3.25. The van der Waals surface area contributed by atoms with E-state index in [2.05, 4.69) is 25.1 Å². The fourth-order valence-corrected chi connectivity index (χ4v) is 4.64. The zero-order valence-corrected chi connectivity index (χ0v) is 13.3. The molecule has 0 aliphatic rings. The summed E-state index contributed by atoms with van der Waals surface area (Å²) in [6.07, 6.45) is 3.35. The second kappa shape index (κ2) is 4.70. The Bertz CT molecular complexity index is 1120. The number of nitrogens with zero attached hydrogens (tertiary/aromatic N) is 6. The van der Waals surface area contributed by atoms with Crippen LogP contribution < -0.4 is 0 Å². The summed E-state index contributed by atoms with van der Waals surface area (Å²) in [5.74, 6) is 0. The first-order valence-electron chi connectivity index (χ1n) is 6.33. The fourth-order valence-electron chi connectivity index (χ4n) is 2.25. The lowest BCUT2D eigenvalue weighted by Crippen LogP contribution is -1.90. The van der Waals surface area contributed by atoms with E-state index < -0.39 is 0 Å². The molecule has 22 heavy (non-hydrogen) atoms. The van der Waals surface area contributed by atoms with Crippen molar-refractivity contribution in [3.63, 3.8) is 0 Å². The summed E-state index contributed by atoms with van der Waals surface area (Å²) < 4.78 is 1.90. The van der Waals surface area contributed by atoms with E-state index in [0.717, 1.165) is 36.3 Å². The Morgan fingerprint density at radius 3 is 2.64 bits per heavy atom. The Balaban J connectivity index is 1.69. The van der Waals surface area contributed by atoms with Crippen LogP contribution in [0.1, 0.15) is 0 Å². The van der Waals surface area contributed by atoms with Gasteiger partial charge in [-0.15, -0.1) is 32.9 Å². The van der Waals surface area contributed by atoms with Crippen molar-refractivity contribution in [3.8, 4) is 0 Å². The lowest BCUT2D eigenvalue weighted by molar-refractivity contribution is 0.904. The van der Waals surface area contributed by atoms with Crippen molar-refractivity contribution in [2.45, 2.75) is 10.2 Å². The molecule has 0 aliphatic carbocycles. The van der Waals surface area contributed by atoms with Crippen LogP contribution in [-0.2, 0) is 0 Å². The van der Waals surface area contributed by atoms with Gasteiger partial charge in [0.05, 0.1) is 5.39 Å². The summed E-state index contributed by atoms with van der Waals surface area (Å²) in [6, 6.07) is 4.05. The highest BCUT2D eigenvalue weighted by atomic mass is 32.2. The molecular formula is C13H6N6S3. The SMILES string of the molecule is c1nc(Sc2nnc3c4ccsc4ncn23)c2ccsc2n1. The summed E-state index contributed by atoms with van der Waals surface area (Å²) in [4.78, 5) is 15.0. The predicted molar refractivity (Wildman–Crippen MR) is 87.7 cm³/mol. The maximum Gasteiger partial charge on any atom is 0.203 e. The fraction of sp³-hybridized carbons (Fsp3) is 0. The summed E-state index contributed by atoms with van der Waals surface area (Å²) in [5.41, 5.74) is 0.823. The maximum absolute atomic E-state index is 4.45. The Kier molecular flexibility index (Phi) is 2.66. The molecule has 0 saturated carbocycles. The summed E-state index contributed by atoms with van der Waals surface area (Å²) in [6.45, 7) is 0. The van der Waals surface area contributed by atoms with Crippen LogP contribution in [0.15, 0.2) is 45.7 Å². The number of hydrogen-bond acceptors (Lipinski definition) is 8. The number of rotatable bonds is 2. The standard InChI is InChI=1S/C13H6N6S3/c1-3-20-10-7(1)9-17-18-13(19(9)6-16-10)22-12-8-2-4-21-11(8)14-5-15-12/h1-6H. The predicted octanol–water partition coefficient (Wildman–Crippen LogP) is 3.49. The highest BCUT2D eigenvalue weighted by Crippen LogP contribution is 2.33. The van der Waals surface area contributed by atoms with Crippen LogP contribution in [0.5, 0.6) is 0 Å². The van der Waals surface area contributed by atoms with Gasteiger partial charge in [-0.3, -0.25) is 4.40 Å². The van der Waals surface area contributed by atoms with E-state index in [4.69, 9.17) is 0 Å². The first-order valence-corrected chi connectivity index (χ1v) is 8.91. The highest BCUT2D eigenvalue weighted by Gasteiger charge is 2.14. The van der Waals surface area contributed by atoms with Gasteiger partial charge in [0, 0.05) is 5.39 Å². The van der Waals surface area contributed by atoms with Gasteiger partial charge in [0.15, 0.2) is 5.65 Å². The molecule has 0 aliphatic heterocycles. The molecule has 0 bridgehead atoms. The molecule has 5 aromatic rings. The topological polar surface area (TPSA) is 68.9 Å². The largest absolute Gasteiger partial charge is 0.259 e. The van der Waals surface area contributed by atoms with Gasteiger partial charge in [0.25, 0.3) is 0 Å². The summed E-state index contributed by atoms with van der Waals surface area (Å²) >= 11 is 4.68. The lowest BCUT2D eigenvalue weighted by atomic mass is 10.4. The molecule has 5 rings (SSSR count). The monoisotopic (exact) mass is 342 g/mol. The second-order valence-electron chi connectivity index (χ2n) is 4.48. The third-order valence-corrected chi connectivity index (χ3v) is 5.87. The van der Waals surface area contributed by atoms with Gasteiger partial charge in [-0.2, -0.15) is 0 Å². The number of hydrogen-bond donors (Lipinski definition) is 0. The summed E-state index contributed by atoms with van der Waals surface area (Å²) in [7, 11) is 0. The minimum atomic E-state index is 0.752. The minimum absolute atomic E-state index is 0.752. The lowest BCUT2D eigenvalue weighted by Gasteiger charge is -2.00. The van der Waals surface area contributed by atoms with Crippen molar-refractivity contribution in [1.82, 2.24) is 29.5 Å². The van der Waals surface area contributed by atoms with Gasteiger partial charge in [-0.05, 0) is 34.7 Å². The molecule has 0 aromatic carbocycles. The number of fused-ring (bicyclic) bond motifs is 4. The first-order chi connectivity index (χ1) is 10.9. The number of thiophene rings is 2. The zero-order chi connectivity index (χ0) is 14.5. The average Bonchev–Trinajstić information content (AvgIpc) is 3.26. The molecule has 0 radical (unpaired) electrons. The van der Waals surface area contributed by atoms with E-state index in [0.29, 0.717) is 0 Å². The van der Waals surface area contributed by atoms with Crippen molar-refractivity contribution in [2.75, 3.05) is 0 Å². The first kappa shape index (κ1) is 12.4. The molecule has 0 N–H and O–H groups in total. The van der Waals surface area contributed by atoms with Gasteiger partial charge < -0.3 is 0 Å². The molecule has 0 amide bonds. The molecule has 6 nitrogen and oxygen atoms in total. The Morgan fingerprint density at radius 1 is 0.909 bits per heavy atom. The molecule has 106 valence electrons. The Labute approximate surface area is 135 Å². The van der Waals surface area contributed by atoms with Crippen LogP contribution in [0, 0.1) is 0 Å². The van der Waals surface area contributed by atoms with Crippen LogP contribution in [0.4, 0.5) is 0 Å². The smallest absolute Gasteiger partial charge is 0.203 e. The van der Waals surface area contributed by atoms with Gasteiger partial charge in [-0.1, -0.05) is 0 Å².